The molecule has 2 heterocycles. The fourth-order valence-corrected chi connectivity index (χ4v) is 4.09. The van der Waals surface area contributed by atoms with Gasteiger partial charge in [0.15, 0.2) is 0 Å². The highest BCUT2D eigenvalue weighted by atomic mass is 32.2. The van der Waals surface area contributed by atoms with Crippen LogP contribution in [0, 0.1) is 0 Å². The highest BCUT2D eigenvalue weighted by Gasteiger charge is 2.24. The van der Waals surface area contributed by atoms with Gasteiger partial charge in [-0.05, 0) is 0 Å². The summed E-state index contributed by atoms with van der Waals surface area (Å²) in [4.78, 5) is 25.7. The average Bonchev–Trinajstić information content (AvgIpc) is 2.66. The van der Waals surface area contributed by atoms with Crippen LogP contribution >= 0.6 is 0 Å². The lowest BCUT2D eigenvalue weighted by molar-refractivity contribution is -0.125. The fraction of sp³-hybridized carbons (Fsp3) is 0.867. The highest BCUT2D eigenvalue weighted by molar-refractivity contribution is 7.89. The normalized spacial score (nSPS) is 19.8. The van der Waals surface area contributed by atoms with Gasteiger partial charge < -0.3 is 20.1 Å². The molecule has 0 unspecified atom stereocenters. The second-order valence-electron chi connectivity index (χ2n) is 6.16. The maximum atomic E-state index is 12.1. The summed E-state index contributed by atoms with van der Waals surface area (Å²) in [5.74, 6) is -1.01. The lowest BCUT2D eigenvalue weighted by atomic mass is 10.4. The third kappa shape index (κ3) is 7.54. The molecule has 2 fully saturated rings. The standard InChI is InChI=1S/C15H28N4O6S/c20-14(1-12-26(22,23)19-6-10-25-11-7-19)17-13-15(21)16-2-3-18-4-8-24-9-5-18/h1-13H2,(H,16,21)(H,17,20). The lowest BCUT2D eigenvalue weighted by Crippen LogP contribution is -2.44. The van der Waals surface area contributed by atoms with Gasteiger partial charge in [0.2, 0.25) is 21.8 Å². The van der Waals surface area contributed by atoms with Crippen molar-refractivity contribution < 1.29 is 27.5 Å². The first-order valence-electron chi connectivity index (χ1n) is 8.86. The molecule has 2 rings (SSSR count). The van der Waals surface area contributed by atoms with Gasteiger partial charge in [0.1, 0.15) is 0 Å². The summed E-state index contributed by atoms with van der Waals surface area (Å²) in [6.45, 7) is 5.57. The Morgan fingerprint density at radius 1 is 0.885 bits per heavy atom. The van der Waals surface area contributed by atoms with Crippen molar-refractivity contribution in [1.82, 2.24) is 19.8 Å². The van der Waals surface area contributed by atoms with Gasteiger partial charge >= 0.3 is 0 Å². The molecule has 0 aromatic heterocycles. The van der Waals surface area contributed by atoms with E-state index in [-0.39, 0.29) is 24.6 Å². The van der Waals surface area contributed by atoms with Crippen molar-refractivity contribution in [3.05, 3.63) is 0 Å². The topological polar surface area (TPSA) is 117 Å². The van der Waals surface area contributed by atoms with E-state index in [4.69, 9.17) is 9.47 Å². The van der Waals surface area contributed by atoms with Crippen molar-refractivity contribution in [2.24, 2.45) is 0 Å². The zero-order valence-electron chi connectivity index (χ0n) is 14.9. The quantitative estimate of drug-likeness (QED) is 0.449. The van der Waals surface area contributed by atoms with Crippen LogP contribution in [0.4, 0.5) is 0 Å². The molecule has 2 saturated heterocycles. The molecule has 0 aromatic carbocycles. The number of ether oxygens (including phenoxy) is 2. The van der Waals surface area contributed by atoms with Crippen LogP contribution in [0.2, 0.25) is 0 Å². The van der Waals surface area contributed by atoms with Crippen molar-refractivity contribution in [2.45, 2.75) is 6.42 Å². The molecule has 0 radical (unpaired) electrons. The number of carbonyl (C=O) groups is 2. The predicted octanol–water partition coefficient (Wildman–Crippen LogP) is -2.40. The highest BCUT2D eigenvalue weighted by Crippen LogP contribution is 2.06. The Balaban J connectivity index is 1.56. The number of morpholine rings is 2. The Hall–Kier alpha value is -1.27. The first kappa shape index (κ1) is 21.0. The molecule has 26 heavy (non-hydrogen) atoms. The first-order valence-corrected chi connectivity index (χ1v) is 10.5. The van der Waals surface area contributed by atoms with Crippen molar-refractivity contribution in [3.8, 4) is 0 Å². The maximum Gasteiger partial charge on any atom is 0.239 e. The zero-order chi connectivity index (χ0) is 18.8. The van der Waals surface area contributed by atoms with E-state index in [1.807, 2.05) is 0 Å². The van der Waals surface area contributed by atoms with Crippen molar-refractivity contribution in [2.75, 3.05) is 78.0 Å². The summed E-state index contributed by atoms with van der Waals surface area (Å²) < 4.78 is 35.9. The van der Waals surface area contributed by atoms with Crippen LogP contribution in [0.25, 0.3) is 0 Å². The lowest BCUT2D eigenvalue weighted by Gasteiger charge is -2.26. The van der Waals surface area contributed by atoms with E-state index >= 15 is 0 Å². The van der Waals surface area contributed by atoms with Gasteiger partial charge in [-0.25, -0.2) is 8.42 Å². The van der Waals surface area contributed by atoms with Crippen LogP contribution in [0.5, 0.6) is 0 Å². The SMILES string of the molecule is O=C(CCS(=O)(=O)N1CCOCC1)NCC(=O)NCCN1CCOCC1. The van der Waals surface area contributed by atoms with Gasteiger partial charge in [-0.2, -0.15) is 4.31 Å². The van der Waals surface area contributed by atoms with Gasteiger partial charge in [0, 0.05) is 45.7 Å². The van der Waals surface area contributed by atoms with Crippen LogP contribution < -0.4 is 10.6 Å². The minimum atomic E-state index is -3.47. The molecule has 0 bridgehead atoms. The Kier molecular flexibility index (Phi) is 8.72. The largest absolute Gasteiger partial charge is 0.379 e. The van der Waals surface area contributed by atoms with Crippen molar-refractivity contribution >= 4 is 21.8 Å². The third-order valence-corrected chi connectivity index (χ3v) is 6.12. The number of sulfonamides is 1. The smallest absolute Gasteiger partial charge is 0.239 e. The Bertz CT molecular complexity index is 558. The Labute approximate surface area is 154 Å². The molecular weight excluding hydrogens is 364 g/mol. The van der Waals surface area contributed by atoms with Crippen LogP contribution in [-0.2, 0) is 29.1 Å². The number of hydrogen-bond acceptors (Lipinski definition) is 7. The van der Waals surface area contributed by atoms with Gasteiger partial charge in [-0.3, -0.25) is 14.5 Å². The van der Waals surface area contributed by atoms with Gasteiger partial charge in [-0.15, -0.1) is 0 Å². The van der Waals surface area contributed by atoms with E-state index in [9.17, 15) is 18.0 Å². The summed E-state index contributed by atoms with van der Waals surface area (Å²) in [5.41, 5.74) is 0. The molecule has 0 saturated carbocycles. The van der Waals surface area contributed by atoms with E-state index < -0.39 is 15.9 Å². The minimum Gasteiger partial charge on any atom is -0.379 e. The van der Waals surface area contributed by atoms with Crippen LogP contribution in [0.1, 0.15) is 6.42 Å². The van der Waals surface area contributed by atoms with Gasteiger partial charge in [0.05, 0.1) is 38.7 Å². The molecule has 0 aliphatic carbocycles. The third-order valence-electron chi connectivity index (χ3n) is 4.25. The molecule has 150 valence electrons. The molecule has 0 aromatic rings. The second-order valence-corrected chi connectivity index (χ2v) is 8.25. The molecule has 11 heteroatoms. The number of hydrogen-bond donors (Lipinski definition) is 2. The zero-order valence-corrected chi connectivity index (χ0v) is 15.8. The maximum absolute atomic E-state index is 12.1. The molecule has 2 aliphatic heterocycles. The van der Waals surface area contributed by atoms with Crippen LogP contribution in [0.15, 0.2) is 0 Å². The van der Waals surface area contributed by atoms with Crippen molar-refractivity contribution in [3.63, 3.8) is 0 Å². The molecule has 0 atom stereocenters. The Morgan fingerprint density at radius 2 is 1.50 bits per heavy atom. The van der Waals surface area contributed by atoms with E-state index in [0.29, 0.717) is 46.1 Å². The van der Waals surface area contributed by atoms with E-state index in [2.05, 4.69) is 15.5 Å². The number of rotatable bonds is 9. The number of carbonyl (C=O) groups excluding carboxylic acids is 2. The van der Waals surface area contributed by atoms with E-state index in [1.165, 1.54) is 4.31 Å². The molecule has 0 spiro atoms. The summed E-state index contributed by atoms with van der Waals surface area (Å²) in [5, 5.41) is 5.19. The number of amides is 2. The number of nitrogens with one attached hydrogen (secondary N) is 2. The summed E-state index contributed by atoms with van der Waals surface area (Å²) in [6, 6.07) is 0. The van der Waals surface area contributed by atoms with E-state index in [1.54, 1.807) is 0 Å². The average molecular weight is 392 g/mol. The fourth-order valence-electron chi connectivity index (χ4n) is 2.68. The van der Waals surface area contributed by atoms with Gasteiger partial charge in [-0.1, -0.05) is 0 Å². The first-order chi connectivity index (χ1) is 12.5. The van der Waals surface area contributed by atoms with E-state index in [0.717, 1.165) is 19.6 Å². The molecule has 2 aliphatic rings. The molecule has 2 N–H and O–H groups in total. The van der Waals surface area contributed by atoms with Crippen molar-refractivity contribution in [1.29, 1.82) is 0 Å². The van der Waals surface area contributed by atoms with Crippen LogP contribution in [0.3, 0.4) is 0 Å². The molecule has 2 amide bonds. The van der Waals surface area contributed by atoms with Crippen LogP contribution in [-0.4, -0.2) is 107 Å². The summed E-state index contributed by atoms with van der Waals surface area (Å²) in [7, 11) is -3.47. The van der Waals surface area contributed by atoms with Gasteiger partial charge in [0.25, 0.3) is 0 Å². The number of nitrogens with zero attached hydrogens (tertiary/aromatic N) is 2. The minimum absolute atomic E-state index is 0.153. The predicted molar refractivity (Wildman–Crippen MR) is 94.1 cm³/mol. The summed E-state index contributed by atoms with van der Waals surface area (Å²) in [6.07, 6.45) is -0.166. The summed E-state index contributed by atoms with van der Waals surface area (Å²) >= 11 is 0. The Morgan fingerprint density at radius 3 is 2.15 bits per heavy atom. The molecular formula is C15H28N4O6S. The second kappa shape index (κ2) is 10.8. The monoisotopic (exact) mass is 392 g/mol. The molecule has 10 nitrogen and oxygen atoms in total.